The molecule has 0 amide bonds. The van der Waals surface area contributed by atoms with E-state index < -0.39 is 0 Å². The van der Waals surface area contributed by atoms with Crippen molar-refractivity contribution < 1.29 is 15.3 Å². The molecule has 1 aliphatic carbocycles. The number of fused-ring (bicyclic) bond motifs is 1. The summed E-state index contributed by atoms with van der Waals surface area (Å²) < 4.78 is 0. The highest BCUT2D eigenvalue weighted by Crippen LogP contribution is 2.52. The highest BCUT2D eigenvalue weighted by Gasteiger charge is 2.44. The van der Waals surface area contributed by atoms with Crippen molar-refractivity contribution in [1.29, 1.82) is 0 Å². The van der Waals surface area contributed by atoms with Crippen molar-refractivity contribution in [2.45, 2.75) is 37.5 Å². The van der Waals surface area contributed by atoms with Crippen LogP contribution in [0.2, 0.25) is 0 Å². The van der Waals surface area contributed by atoms with Gasteiger partial charge in [-0.1, -0.05) is 44.2 Å². The molecule has 4 rings (SSSR count). The quantitative estimate of drug-likeness (QED) is 0.588. The fourth-order valence-corrected chi connectivity index (χ4v) is 4.50. The zero-order valence-corrected chi connectivity index (χ0v) is 15.6. The van der Waals surface area contributed by atoms with Gasteiger partial charge in [0, 0.05) is 10.8 Å². The highest BCUT2D eigenvalue weighted by atomic mass is 16.3. The summed E-state index contributed by atoms with van der Waals surface area (Å²) in [6.07, 6.45) is 1.85. The first-order valence-corrected chi connectivity index (χ1v) is 9.26. The van der Waals surface area contributed by atoms with Gasteiger partial charge in [-0.05, 0) is 71.5 Å². The summed E-state index contributed by atoms with van der Waals surface area (Å²) in [7, 11) is 0. The van der Waals surface area contributed by atoms with Gasteiger partial charge in [0.1, 0.15) is 17.2 Å². The Kier molecular flexibility index (Phi) is 3.92. The molecular formula is C24H24O3. The average molecular weight is 360 g/mol. The molecule has 0 fully saturated rings. The van der Waals surface area contributed by atoms with Gasteiger partial charge in [0.2, 0.25) is 0 Å². The normalized spacial score (nSPS) is 24.4. The number of phenols is 3. The molecule has 0 aliphatic heterocycles. The van der Waals surface area contributed by atoms with Crippen molar-refractivity contribution in [3.8, 4) is 17.2 Å². The van der Waals surface area contributed by atoms with E-state index in [9.17, 15) is 15.3 Å². The van der Waals surface area contributed by atoms with Crippen LogP contribution in [-0.4, -0.2) is 15.3 Å². The second kappa shape index (κ2) is 6.05. The second-order valence-corrected chi connectivity index (χ2v) is 7.99. The SMILES string of the molecule is C[C@@]1(c2ccc(O)cc2)CC[C@](C)(c2ccc(O)cc2)c2cc(O)ccc21. The van der Waals surface area contributed by atoms with Gasteiger partial charge in [-0.2, -0.15) is 0 Å². The van der Waals surface area contributed by atoms with Gasteiger partial charge >= 0.3 is 0 Å². The second-order valence-electron chi connectivity index (χ2n) is 7.99. The van der Waals surface area contributed by atoms with Gasteiger partial charge < -0.3 is 15.3 Å². The predicted octanol–water partition coefficient (Wildman–Crippen LogP) is 5.21. The molecule has 0 aromatic heterocycles. The van der Waals surface area contributed by atoms with E-state index in [4.69, 9.17) is 0 Å². The summed E-state index contributed by atoms with van der Waals surface area (Å²) >= 11 is 0. The van der Waals surface area contributed by atoms with E-state index in [2.05, 4.69) is 13.8 Å². The van der Waals surface area contributed by atoms with Crippen LogP contribution in [0.15, 0.2) is 66.7 Å². The number of hydrogen-bond donors (Lipinski definition) is 3. The molecule has 27 heavy (non-hydrogen) atoms. The molecule has 3 aromatic rings. The minimum absolute atomic E-state index is 0.201. The smallest absolute Gasteiger partial charge is 0.115 e. The largest absolute Gasteiger partial charge is 0.508 e. The molecule has 1 aliphatic rings. The van der Waals surface area contributed by atoms with Gasteiger partial charge in [-0.3, -0.25) is 0 Å². The molecule has 3 nitrogen and oxygen atoms in total. The zero-order valence-electron chi connectivity index (χ0n) is 15.6. The molecule has 3 heteroatoms. The molecular weight excluding hydrogens is 336 g/mol. The average Bonchev–Trinajstić information content (AvgIpc) is 2.66. The number of rotatable bonds is 2. The number of benzene rings is 3. The Labute approximate surface area is 159 Å². The van der Waals surface area contributed by atoms with E-state index in [1.807, 2.05) is 36.4 Å². The molecule has 0 heterocycles. The topological polar surface area (TPSA) is 60.7 Å². The molecule has 0 bridgehead atoms. The summed E-state index contributed by atoms with van der Waals surface area (Å²) in [4.78, 5) is 0. The summed E-state index contributed by atoms with van der Waals surface area (Å²) in [5.74, 6) is 0.773. The maximum atomic E-state index is 10.2. The van der Waals surface area contributed by atoms with Crippen LogP contribution in [0, 0.1) is 0 Å². The van der Waals surface area contributed by atoms with E-state index in [0.717, 1.165) is 29.5 Å². The third-order valence-electron chi connectivity index (χ3n) is 6.33. The lowest BCUT2D eigenvalue weighted by Crippen LogP contribution is -2.38. The van der Waals surface area contributed by atoms with Crippen molar-refractivity contribution in [2.75, 3.05) is 0 Å². The van der Waals surface area contributed by atoms with E-state index in [-0.39, 0.29) is 28.1 Å². The lowest BCUT2D eigenvalue weighted by Gasteiger charge is -2.46. The maximum absolute atomic E-state index is 10.2. The van der Waals surface area contributed by atoms with Crippen LogP contribution in [-0.2, 0) is 10.8 Å². The Morgan fingerprint density at radius 3 is 1.44 bits per heavy atom. The van der Waals surface area contributed by atoms with Gasteiger partial charge in [-0.25, -0.2) is 0 Å². The first-order valence-electron chi connectivity index (χ1n) is 9.26. The molecule has 0 saturated heterocycles. The fourth-order valence-electron chi connectivity index (χ4n) is 4.50. The molecule has 0 spiro atoms. The van der Waals surface area contributed by atoms with Crippen LogP contribution in [0.3, 0.4) is 0 Å². The minimum atomic E-state index is -0.252. The highest BCUT2D eigenvalue weighted by molar-refractivity contribution is 5.55. The number of aromatic hydroxyl groups is 3. The first kappa shape index (κ1) is 17.5. The van der Waals surface area contributed by atoms with Crippen molar-refractivity contribution in [2.24, 2.45) is 0 Å². The molecule has 0 unspecified atom stereocenters. The van der Waals surface area contributed by atoms with Gasteiger partial charge in [-0.15, -0.1) is 0 Å². The van der Waals surface area contributed by atoms with E-state index in [1.54, 1.807) is 30.3 Å². The van der Waals surface area contributed by atoms with E-state index in [0.29, 0.717) is 0 Å². The standard InChI is InChI=1S/C24H24O3/c1-23(16-3-7-18(25)8-4-16)13-14-24(2,17-5-9-19(26)10-6-17)22-15-20(27)11-12-21(22)23/h3-12,15,25-27H,13-14H2,1-2H3/t23-,24+/m0/s1. The number of hydrogen-bond acceptors (Lipinski definition) is 3. The minimum Gasteiger partial charge on any atom is -0.508 e. The molecule has 3 N–H and O–H groups in total. The maximum Gasteiger partial charge on any atom is 0.115 e. The van der Waals surface area contributed by atoms with E-state index >= 15 is 0 Å². The predicted molar refractivity (Wildman–Crippen MR) is 106 cm³/mol. The van der Waals surface area contributed by atoms with Crippen molar-refractivity contribution in [1.82, 2.24) is 0 Å². The third-order valence-corrected chi connectivity index (χ3v) is 6.33. The summed E-state index contributed by atoms with van der Waals surface area (Å²) in [5, 5.41) is 29.6. The Morgan fingerprint density at radius 2 is 0.963 bits per heavy atom. The Balaban J connectivity index is 1.91. The van der Waals surface area contributed by atoms with Crippen LogP contribution < -0.4 is 0 Å². The molecule has 138 valence electrons. The summed E-state index contributed by atoms with van der Waals surface area (Å²) in [6, 6.07) is 20.4. The van der Waals surface area contributed by atoms with Crippen LogP contribution in [0.5, 0.6) is 17.2 Å². The fraction of sp³-hybridized carbons (Fsp3) is 0.250. The number of phenolic OH excluding ortho intramolecular Hbond substituents is 3. The molecule has 0 saturated carbocycles. The van der Waals surface area contributed by atoms with Crippen molar-refractivity contribution >= 4 is 0 Å². The van der Waals surface area contributed by atoms with Crippen molar-refractivity contribution in [3.63, 3.8) is 0 Å². The van der Waals surface area contributed by atoms with Crippen LogP contribution in [0.4, 0.5) is 0 Å². The summed E-state index contributed by atoms with van der Waals surface area (Å²) in [5.41, 5.74) is 4.12. The Hall–Kier alpha value is -2.94. The summed E-state index contributed by atoms with van der Waals surface area (Å²) in [6.45, 7) is 4.43. The van der Waals surface area contributed by atoms with Crippen LogP contribution >= 0.6 is 0 Å². The van der Waals surface area contributed by atoms with Crippen LogP contribution in [0.1, 0.15) is 48.9 Å². The Bertz CT molecular complexity index is 976. The van der Waals surface area contributed by atoms with Gasteiger partial charge in [0.05, 0.1) is 0 Å². The van der Waals surface area contributed by atoms with Gasteiger partial charge in [0.15, 0.2) is 0 Å². The lowest BCUT2D eigenvalue weighted by molar-refractivity contribution is 0.365. The van der Waals surface area contributed by atoms with Crippen molar-refractivity contribution in [3.05, 3.63) is 89.0 Å². The molecule has 0 radical (unpaired) electrons. The monoisotopic (exact) mass is 360 g/mol. The first-order chi connectivity index (χ1) is 12.8. The van der Waals surface area contributed by atoms with Crippen LogP contribution in [0.25, 0.3) is 0 Å². The van der Waals surface area contributed by atoms with E-state index in [1.165, 1.54) is 5.56 Å². The zero-order chi connectivity index (χ0) is 19.2. The molecule has 3 aromatic carbocycles. The lowest BCUT2D eigenvalue weighted by atomic mass is 9.57. The third kappa shape index (κ3) is 2.74. The Morgan fingerprint density at radius 1 is 0.556 bits per heavy atom. The molecule has 2 atom stereocenters. The van der Waals surface area contributed by atoms with Gasteiger partial charge in [0.25, 0.3) is 0 Å².